The first kappa shape index (κ1) is 20.5. The lowest BCUT2D eigenvalue weighted by Crippen LogP contribution is -2.43. The number of anilines is 1. The van der Waals surface area contributed by atoms with Gasteiger partial charge < -0.3 is 19.9 Å². The summed E-state index contributed by atoms with van der Waals surface area (Å²) < 4.78 is 24.4. The van der Waals surface area contributed by atoms with Gasteiger partial charge in [-0.1, -0.05) is 17.7 Å². The number of nitrogen functional groups attached to an aromatic ring is 1. The van der Waals surface area contributed by atoms with E-state index in [4.69, 9.17) is 14.8 Å². The number of fused-ring (bicyclic) bond motifs is 1. The second-order valence-electron chi connectivity index (χ2n) is 7.35. The quantitative estimate of drug-likeness (QED) is 0.401. The number of aryl methyl sites for hydroxylation is 1. The lowest BCUT2D eigenvalue weighted by Gasteiger charge is -2.44. The number of rotatable bonds is 7. The van der Waals surface area contributed by atoms with E-state index < -0.39 is 13.4 Å². The number of H-pyrrole nitrogens is 1. The molecule has 1 aliphatic carbocycles. The topological polar surface area (TPSA) is 166 Å². The third kappa shape index (κ3) is 3.97. The molecule has 5 N–H and O–H groups in total. The van der Waals surface area contributed by atoms with Gasteiger partial charge >= 0.3 is 7.82 Å². The van der Waals surface area contributed by atoms with Crippen molar-refractivity contribution in [1.82, 2.24) is 19.5 Å². The van der Waals surface area contributed by atoms with Crippen molar-refractivity contribution in [2.75, 3.05) is 18.9 Å². The number of imidazole rings is 1. The summed E-state index contributed by atoms with van der Waals surface area (Å²) >= 11 is 0. The van der Waals surface area contributed by atoms with Crippen molar-refractivity contribution in [2.45, 2.75) is 19.4 Å². The minimum absolute atomic E-state index is 0.0357. The maximum absolute atomic E-state index is 12.4. The highest BCUT2D eigenvalue weighted by molar-refractivity contribution is 7.47. The Morgan fingerprint density at radius 3 is 2.80 bits per heavy atom. The average Bonchev–Trinajstić information content (AvgIpc) is 3.07. The first-order valence-corrected chi connectivity index (χ1v) is 10.8. The van der Waals surface area contributed by atoms with E-state index in [1.807, 2.05) is 6.92 Å². The van der Waals surface area contributed by atoms with Crippen LogP contribution < -0.4 is 15.8 Å². The molecule has 2 aromatic heterocycles. The molecule has 160 valence electrons. The fourth-order valence-corrected chi connectivity index (χ4v) is 4.48. The van der Waals surface area contributed by atoms with Crippen molar-refractivity contribution in [3.8, 4) is 5.75 Å². The Morgan fingerprint density at radius 2 is 2.10 bits per heavy atom. The Kier molecular flexibility index (Phi) is 5.37. The van der Waals surface area contributed by atoms with Crippen LogP contribution in [0, 0.1) is 18.8 Å². The molecule has 0 amide bonds. The molecule has 0 spiro atoms. The van der Waals surface area contributed by atoms with Crippen molar-refractivity contribution in [3.63, 3.8) is 0 Å². The summed E-state index contributed by atoms with van der Waals surface area (Å²) in [5.41, 5.74) is 6.63. The molecule has 0 bridgehead atoms. The SMILES string of the molecule is Cc1ccc(OP(=O)(O)OC[C@H]2[C@@H](CO)C[C@H]2n2cnc3c(=O)[nH]c(N)nc32)cc1. The highest BCUT2D eigenvalue weighted by Gasteiger charge is 2.44. The standard InChI is InChI=1S/C18H22N5O6P/c1-10-2-4-12(5-3-10)29-30(26,27)28-8-13-11(7-24)6-14(13)23-9-20-15-16(23)21-18(19)22-17(15)25/h2-5,9,11,13-14,24H,6-8H2,1H3,(H,26,27)(H3,19,21,22,25)/t11-,13+,14-/m1/s1. The molecule has 0 saturated heterocycles. The van der Waals surface area contributed by atoms with Crippen LogP contribution in [0.15, 0.2) is 35.4 Å². The third-order valence-corrected chi connectivity index (χ3v) is 6.28. The number of nitrogens with two attached hydrogens (primary N) is 1. The average molecular weight is 435 g/mol. The number of aromatic nitrogens is 4. The molecule has 4 rings (SSSR count). The highest BCUT2D eigenvalue weighted by Crippen LogP contribution is 2.50. The van der Waals surface area contributed by atoms with E-state index in [1.165, 1.54) is 6.33 Å². The molecular weight excluding hydrogens is 413 g/mol. The maximum Gasteiger partial charge on any atom is 0.527 e. The number of benzene rings is 1. The molecule has 12 heteroatoms. The van der Waals surface area contributed by atoms with Crippen LogP contribution in [0.5, 0.6) is 5.75 Å². The van der Waals surface area contributed by atoms with Gasteiger partial charge in [-0.05, 0) is 31.4 Å². The van der Waals surface area contributed by atoms with E-state index in [9.17, 15) is 19.4 Å². The number of hydrogen-bond donors (Lipinski definition) is 4. The van der Waals surface area contributed by atoms with Gasteiger partial charge in [0, 0.05) is 18.6 Å². The number of nitrogens with zero attached hydrogens (tertiary/aromatic N) is 3. The minimum Gasteiger partial charge on any atom is -0.404 e. The molecular formula is C18H22N5O6P. The predicted molar refractivity (Wildman–Crippen MR) is 108 cm³/mol. The van der Waals surface area contributed by atoms with E-state index in [0.29, 0.717) is 12.1 Å². The van der Waals surface area contributed by atoms with Crippen LogP contribution in [-0.4, -0.2) is 42.7 Å². The number of phosphoric ester groups is 1. The smallest absolute Gasteiger partial charge is 0.404 e. The van der Waals surface area contributed by atoms with Crippen molar-refractivity contribution in [3.05, 3.63) is 46.5 Å². The van der Waals surface area contributed by atoms with Gasteiger partial charge in [-0.25, -0.2) is 9.55 Å². The van der Waals surface area contributed by atoms with Crippen LogP contribution in [0.2, 0.25) is 0 Å². The van der Waals surface area contributed by atoms with E-state index in [1.54, 1.807) is 28.8 Å². The zero-order valence-corrected chi connectivity index (χ0v) is 17.0. The summed E-state index contributed by atoms with van der Waals surface area (Å²) in [5, 5.41) is 9.63. The Labute approximate surface area is 171 Å². The number of hydrogen-bond acceptors (Lipinski definition) is 8. The number of nitrogens with one attached hydrogen (secondary N) is 1. The Hall–Kier alpha value is -2.72. The van der Waals surface area contributed by atoms with Crippen molar-refractivity contribution in [1.29, 1.82) is 0 Å². The van der Waals surface area contributed by atoms with Gasteiger partial charge in [-0.2, -0.15) is 4.98 Å². The maximum atomic E-state index is 12.4. The summed E-state index contributed by atoms with van der Waals surface area (Å²) in [6, 6.07) is 6.43. The number of phosphoric acid groups is 1. The lowest BCUT2D eigenvalue weighted by atomic mass is 9.70. The lowest BCUT2D eigenvalue weighted by molar-refractivity contribution is -0.00476. The molecule has 1 aliphatic rings. The molecule has 1 fully saturated rings. The molecule has 11 nitrogen and oxygen atoms in total. The van der Waals surface area contributed by atoms with E-state index >= 15 is 0 Å². The van der Waals surface area contributed by atoms with Gasteiger partial charge in [0.05, 0.1) is 12.9 Å². The van der Waals surface area contributed by atoms with Crippen LogP contribution in [0.3, 0.4) is 0 Å². The van der Waals surface area contributed by atoms with E-state index in [-0.39, 0.29) is 48.3 Å². The molecule has 1 aromatic carbocycles. The largest absolute Gasteiger partial charge is 0.527 e. The second-order valence-corrected chi connectivity index (χ2v) is 8.73. The van der Waals surface area contributed by atoms with Crippen LogP contribution in [0.1, 0.15) is 18.0 Å². The van der Waals surface area contributed by atoms with Gasteiger partial charge in [-0.3, -0.25) is 19.2 Å². The number of aliphatic hydroxyl groups is 1. The monoisotopic (exact) mass is 435 g/mol. The number of aliphatic hydroxyl groups excluding tert-OH is 1. The van der Waals surface area contributed by atoms with Gasteiger partial charge in [0.1, 0.15) is 5.75 Å². The van der Waals surface area contributed by atoms with Gasteiger partial charge in [-0.15, -0.1) is 0 Å². The van der Waals surface area contributed by atoms with Crippen LogP contribution in [0.4, 0.5) is 5.95 Å². The zero-order valence-electron chi connectivity index (χ0n) is 16.1. The van der Waals surface area contributed by atoms with Crippen molar-refractivity contribution >= 4 is 24.9 Å². The Bertz CT molecular complexity index is 1160. The molecule has 1 unspecified atom stereocenters. The van der Waals surface area contributed by atoms with Crippen LogP contribution >= 0.6 is 7.82 Å². The molecule has 0 aliphatic heterocycles. The Morgan fingerprint density at radius 1 is 1.37 bits per heavy atom. The molecule has 4 atom stereocenters. The Balaban J connectivity index is 1.50. The van der Waals surface area contributed by atoms with E-state index in [2.05, 4.69) is 15.0 Å². The molecule has 30 heavy (non-hydrogen) atoms. The van der Waals surface area contributed by atoms with Gasteiger partial charge in [0.25, 0.3) is 5.56 Å². The first-order valence-electron chi connectivity index (χ1n) is 9.34. The molecule has 2 heterocycles. The predicted octanol–water partition coefficient (Wildman–Crippen LogP) is 1.38. The third-order valence-electron chi connectivity index (χ3n) is 5.36. The van der Waals surface area contributed by atoms with Gasteiger partial charge in [0.15, 0.2) is 11.2 Å². The summed E-state index contributed by atoms with van der Waals surface area (Å²) in [7, 11) is -4.36. The van der Waals surface area contributed by atoms with Crippen molar-refractivity contribution in [2.24, 2.45) is 11.8 Å². The minimum atomic E-state index is -4.36. The summed E-state index contributed by atoms with van der Waals surface area (Å²) in [6.45, 7) is 1.65. The highest BCUT2D eigenvalue weighted by atomic mass is 31.2. The normalized spacial score (nSPS) is 23.1. The molecule has 3 aromatic rings. The fraction of sp³-hybridized carbons (Fsp3) is 0.389. The summed E-state index contributed by atoms with van der Waals surface area (Å²) in [6.07, 6.45) is 2.04. The van der Waals surface area contributed by atoms with Crippen LogP contribution in [0.25, 0.3) is 11.2 Å². The summed E-state index contributed by atoms with van der Waals surface area (Å²) in [5.74, 6) is -0.274. The van der Waals surface area contributed by atoms with Gasteiger partial charge in [0.2, 0.25) is 5.95 Å². The second kappa shape index (κ2) is 7.84. The molecule has 1 saturated carbocycles. The molecule has 0 radical (unpaired) electrons. The summed E-state index contributed by atoms with van der Waals surface area (Å²) in [4.78, 5) is 32.7. The zero-order chi connectivity index (χ0) is 21.5. The van der Waals surface area contributed by atoms with Crippen molar-refractivity contribution < 1.29 is 23.6 Å². The van der Waals surface area contributed by atoms with Crippen LogP contribution in [-0.2, 0) is 9.09 Å². The fourth-order valence-electron chi connectivity index (χ4n) is 3.68. The first-order chi connectivity index (χ1) is 14.3. The van der Waals surface area contributed by atoms with E-state index in [0.717, 1.165) is 5.56 Å². The number of aromatic amines is 1.